The normalized spacial score (nSPS) is 21.9. The maximum Gasteiger partial charge on any atom is 0.253 e. The Morgan fingerprint density at radius 2 is 1.95 bits per heavy atom. The second kappa shape index (κ2) is 5.44. The molecule has 1 aliphatic heterocycles. The topological polar surface area (TPSA) is 49.4 Å². The Hall–Kier alpha value is -1.55. The molecular formula is C15H17ClN2O2. The highest BCUT2D eigenvalue weighted by atomic mass is 35.5. The maximum absolute atomic E-state index is 12.1. The average Bonchev–Trinajstić information content (AvgIpc) is 3.19. The minimum atomic E-state index is -0.165. The average molecular weight is 293 g/mol. The van der Waals surface area contributed by atoms with E-state index in [0.717, 1.165) is 25.8 Å². The van der Waals surface area contributed by atoms with E-state index >= 15 is 0 Å². The summed E-state index contributed by atoms with van der Waals surface area (Å²) in [4.78, 5) is 26.0. The summed E-state index contributed by atoms with van der Waals surface area (Å²) in [6, 6.07) is 7.03. The number of benzene rings is 1. The summed E-state index contributed by atoms with van der Waals surface area (Å²) in [6.45, 7) is 1.36. The molecule has 5 heteroatoms. The van der Waals surface area contributed by atoms with Gasteiger partial charge in [0.2, 0.25) is 5.91 Å². The molecular weight excluding hydrogens is 276 g/mol. The Labute approximate surface area is 123 Å². The lowest BCUT2D eigenvalue weighted by molar-refractivity contribution is -0.131. The number of rotatable bonds is 3. The third kappa shape index (κ3) is 2.80. The van der Waals surface area contributed by atoms with Crippen LogP contribution in [0.2, 0.25) is 5.02 Å². The number of hydrogen-bond acceptors (Lipinski definition) is 2. The lowest BCUT2D eigenvalue weighted by Gasteiger charge is -2.17. The third-order valence-electron chi connectivity index (χ3n) is 3.88. The van der Waals surface area contributed by atoms with Crippen LogP contribution in [0.4, 0.5) is 0 Å². The van der Waals surface area contributed by atoms with Crippen molar-refractivity contribution in [1.82, 2.24) is 10.2 Å². The number of carbonyl (C=O) groups excluding carboxylic acids is 2. The Morgan fingerprint density at radius 3 is 2.65 bits per heavy atom. The molecule has 1 aromatic rings. The molecule has 0 spiro atoms. The van der Waals surface area contributed by atoms with E-state index in [4.69, 9.17) is 11.6 Å². The summed E-state index contributed by atoms with van der Waals surface area (Å²) in [5, 5.41) is 3.42. The van der Waals surface area contributed by atoms with Crippen molar-refractivity contribution in [3.05, 3.63) is 34.9 Å². The molecule has 1 aliphatic carbocycles. The van der Waals surface area contributed by atoms with E-state index in [-0.39, 0.29) is 23.8 Å². The Balaban J connectivity index is 1.58. The number of halogens is 1. The molecule has 106 valence electrons. The molecule has 1 N–H and O–H groups in total. The number of nitrogens with one attached hydrogen (secondary N) is 1. The van der Waals surface area contributed by atoms with Crippen molar-refractivity contribution in [2.75, 3.05) is 13.1 Å². The van der Waals surface area contributed by atoms with E-state index in [2.05, 4.69) is 5.32 Å². The number of likely N-dealkylation sites (tertiary alicyclic amines) is 1. The highest BCUT2D eigenvalue weighted by Crippen LogP contribution is 2.32. The SMILES string of the molecule is O=C(NC1CCN(C(=O)C2CC2)C1)c1ccccc1Cl. The Kier molecular flexibility index (Phi) is 3.66. The first kappa shape index (κ1) is 13.4. The molecule has 1 heterocycles. The van der Waals surface area contributed by atoms with Crippen molar-refractivity contribution in [3.8, 4) is 0 Å². The van der Waals surface area contributed by atoms with Crippen LogP contribution < -0.4 is 5.32 Å². The van der Waals surface area contributed by atoms with E-state index in [1.165, 1.54) is 0 Å². The number of hydrogen-bond donors (Lipinski definition) is 1. The molecule has 0 radical (unpaired) electrons. The zero-order chi connectivity index (χ0) is 14.1. The highest BCUT2D eigenvalue weighted by molar-refractivity contribution is 6.33. The standard InChI is InChI=1S/C15H17ClN2O2/c16-13-4-2-1-3-12(13)14(19)17-11-7-8-18(9-11)15(20)10-5-6-10/h1-4,10-11H,5-9H2,(H,17,19). The summed E-state index contributed by atoms with van der Waals surface area (Å²) in [7, 11) is 0. The van der Waals surface area contributed by atoms with Crippen molar-refractivity contribution in [3.63, 3.8) is 0 Å². The minimum absolute atomic E-state index is 0.0291. The van der Waals surface area contributed by atoms with Gasteiger partial charge in [-0.3, -0.25) is 9.59 Å². The molecule has 4 nitrogen and oxygen atoms in total. The van der Waals surface area contributed by atoms with Gasteiger partial charge in [0.05, 0.1) is 10.6 Å². The molecule has 20 heavy (non-hydrogen) atoms. The van der Waals surface area contributed by atoms with Gasteiger partial charge in [0.15, 0.2) is 0 Å². The fraction of sp³-hybridized carbons (Fsp3) is 0.467. The van der Waals surface area contributed by atoms with Crippen LogP contribution in [0.1, 0.15) is 29.6 Å². The van der Waals surface area contributed by atoms with Gasteiger partial charge in [0, 0.05) is 25.0 Å². The van der Waals surface area contributed by atoms with Gasteiger partial charge < -0.3 is 10.2 Å². The predicted molar refractivity (Wildman–Crippen MR) is 76.6 cm³/mol. The van der Waals surface area contributed by atoms with Crippen molar-refractivity contribution < 1.29 is 9.59 Å². The molecule has 0 aromatic heterocycles. The van der Waals surface area contributed by atoms with Gasteiger partial charge >= 0.3 is 0 Å². The first-order valence-corrected chi connectivity index (χ1v) is 7.37. The van der Waals surface area contributed by atoms with E-state index < -0.39 is 0 Å². The number of amides is 2. The Morgan fingerprint density at radius 1 is 1.20 bits per heavy atom. The van der Waals surface area contributed by atoms with Crippen LogP contribution in [0.15, 0.2) is 24.3 Å². The zero-order valence-corrected chi connectivity index (χ0v) is 11.9. The molecule has 1 saturated carbocycles. The van der Waals surface area contributed by atoms with Crippen LogP contribution in [-0.4, -0.2) is 35.8 Å². The van der Waals surface area contributed by atoms with E-state index in [0.29, 0.717) is 17.1 Å². The van der Waals surface area contributed by atoms with Gasteiger partial charge in [-0.2, -0.15) is 0 Å². The van der Waals surface area contributed by atoms with Gasteiger partial charge in [-0.1, -0.05) is 23.7 Å². The molecule has 3 rings (SSSR count). The lowest BCUT2D eigenvalue weighted by atomic mass is 10.2. The summed E-state index contributed by atoms with van der Waals surface area (Å²) < 4.78 is 0. The minimum Gasteiger partial charge on any atom is -0.347 e. The molecule has 2 aliphatic rings. The van der Waals surface area contributed by atoms with Crippen molar-refractivity contribution >= 4 is 23.4 Å². The van der Waals surface area contributed by atoms with Crippen LogP contribution in [0.25, 0.3) is 0 Å². The van der Waals surface area contributed by atoms with Gasteiger partial charge in [-0.25, -0.2) is 0 Å². The first-order chi connectivity index (χ1) is 9.65. The highest BCUT2D eigenvalue weighted by Gasteiger charge is 2.36. The van der Waals surface area contributed by atoms with Crippen LogP contribution in [0.5, 0.6) is 0 Å². The summed E-state index contributed by atoms with van der Waals surface area (Å²) in [5.41, 5.74) is 0.487. The predicted octanol–water partition coefficient (Wildman–Crippen LogP) is 2.08. The van der Waals surface area contributed by atoms with Crippen LogP contribution in [0, 0.1) is 5.92 Å². The lowest BCUT2D eigenvalue weighted by Crippen LogP contribution is -2.38. The van der Waals surface area contributed by atoms with Crippen molar-refractivity contribution in [1.29, 1.82) is 0 Å². The quantitative estimate of drug-likeness (QED) is 0.927. The summed E-state index contributed by atoms with van der Waals surface area (Å²) in [6.07, 6.45) is 2.85. The monoisotopic (exact) mass is 292 g/mol. The molecule has 1 aromatic carbocycles. The van der Waals surface area contributed by atoms with Crippen molar-refractivity contribution in [2.24, 2.45) is 5.92 Å². The maximum atomic E-state index is 12.1. The number of carbonyl (C=O) groups is 2. The molecule has 1 saturated heterocycles. The summed E-state index contributed by atoms with van der Waals surface area (Å²) in [5.74, 6) is 0.328. The largest absolute Gasteiger partial charge is 0.347 e. The second-order valence-electron chi connectivity index (χ2n) is 5.50. The van der Waals surface area contributed by atoms with Crippen LogP contribution >= 0.6 is 11.6 Å². The zero-order valence-electron chi connectivity index (χ0n) is 11.1. The van der Waals surface area contributed by atoms with E-state index in [1.807, 2.05) is 4.90 Å². The smallest absolute Gasteiger partial charge is 0.253 e. The second-order valence-corrected chi connectivity index (χ2v) is 5.90. The first-order valence-electron chi connectivity index (χ1n) is 6.99. The fourth-order valence-corrected chi connectivity index (χ4v) is 2.80. The van der Waals surface area contributed by atoms with E-state index in [9.17, 15) is 9.59 Å². The fourth-order valence-electron chi connectivity index (χ4n) is 2.58. The molecule has 2 amide bonds. The summed E-state index contributed by atoms with van der Waals surface area (Å²) >= 11 is 6.01. The molecule has 2 fully saturated rings. The van der Waals surface area contributed by atoms with Gasteiger partial charge in [0.25, 0.3) is 5.91 Å². The van der Waals surface area contributed by atoms with Gasteiger partial charge in [0.1, 0.15) is 0 Å². The van der Waals surface area contributed by atoms with Gasteiger partial charge in [-0.15, -0.1) is 0 Å². The number of nitrogens with zero attached hydrogens (tertiary/aromatic N) is 1. The third-order valence-corrected chi connectivity index (χ3v) is 4.21. The molecule has 1 atom stereocenters. The van der Waals surface area contributed by atoms with Crippen molar-refractivity contribution in [2.45, 2.75) is 25.3 Å². The van der Waals surface area contributed by atoms with E-state index in [1.54, 1.807) is 24.3 Å². The Bertz CT molecular complexity index is 542. The molecule has 1 unspecified atom stereocenters. The van der Waals surface area contributed by atoms with Crippen LogP contribution in [-0.2, 0) is 4.79 Å². The molecule has 0 bridgehead atoms. The van der Waals surface area contributed by atoms with Crippen LogP contribution in [0.3, 0.4) is 0 Å². The van der Waals surface area contributed by atoms with Gasteiger partial charge in [-0.05, 0) is 31.4 Å².